The van der Waals surface area contributed by atoms with Gasteiger partial charge in [-0.15, -0.1) is 0 Å². The maximum Gasteiger partial charge on any atom is 0.119 e. The van der Waals surface area contributed by atoms with Crippen molar-refractivity contribution in [2.24, 2.45) is 5.84 Å². The van der Waals surface area contributed by atoms with Crippen LogP contribution in [0.2, 0.25) is 0 Å². The van der Waals surface area contributed by atoms with Crippen molar-refractivity contribution in [2.75, 3.05) is 6.54 Å². The molecule has 3 N–H and O–H groups in total. The zero-order chi connectivity index (χ0) is 11.1. The maximum atomic E-state index is 9.87. The van der Waals surface area contributed by atoms with E-state index in [0.29, 0.717) is 17.7 Å². The van der Waals surface area contributed by atoms with Crippen LogP contribution in [0.5, 0.6) is 5.75 Å². The number of nitrogens with two attached hydrogens (primary N) is 1. The fraction of sp³-hybridized carbons (Fsp3) is 0.538. The molecule has 3 rings (SSSR count). The first kappa shape index (κ1) is 10.1. The minimum absolute atomic E-state index is 0.463. The molecule has 0 unspecified atom stereocenters. The van der Waals surface area contributed by atoms with E-state index in [2.05, 4.69) is 6.07 Å². The van der Waals surface area contributed by atoms with Crippen molar-refractivity contribution in [1.29, 1.82) is 0 Å². The number of hydrazine groups is 1. The maximum absolute atomic E-state index is 9.87. The van der Waals surface area contributed by atoms with Gasteiger partial charge in [0.15, 0.2) is 0 Å². The Morgan fingerprint density at radius 1 is 1.31 bits per heavy atom. The van der Waals surface area contributed by atoms with Crippen LogP contribution in [0.15, 0.2) is 18.2 Å². The number of rotatable bonds is 0. The molecule has 0 bridgehead atoms. The van der Waals surface area contributed by atoms with E-state index in [0.717, 1.165) is 31.4 Å². The quantitative estimate of drug-likeness (QED) is 0.652. The molecule has 1 fully saturated rings. The van der Waals surface area contributed by atoms with Crippen LogP contribution in [0.3, 0.4) is 0 Å². The Labute approximate surface area is 95.8 Å². The van der Waals surface area contributed by atoms with Crippen LogP contribution in [0, 0.1) is 0 Å². The molecule has 3 nitrogen and oxygen atoms in total. The predicted molar refractivity (Wildman–Crippen MR) is 63.1 cm³/mol. The molecule has 1 aromatic carbocycles. The van der Waals surface area contributed by atoms with E-state index in [4.69, 9.17) is 5.84 Å². The Kier molecular flexibility index (Phi) is 2.37. The molecule has 0 spiro atoms. The fourth-order valence-electron chi connectivity index (χ4n) is 3.32. The summed E-state index contributed by atoms with van der Waals surface area (Å²) in [4.78, 5) is 0. The standard InChI is InChI=1S/C13H18N2O/c14-15-8-2-4-10-9-3-1-5-13(16)11(9)6-7-12(10)15/h1,3,5,10,12,16H,2,4,6-8,14H2/t10-,12+/m0/s1. The van der Waals surface area contributed by atoms with Crippen molar-refractivity contribution in [3.8, 4) is 5.75 Å². The molecule has 0 aromatic heterocycles. The molecule has 0 radical (unpaired) electrons. The summed E-state index contributed by atoms with van der Waals surface area (Å²) in [6.45, 7) is 1.01. The molecular weight excluding hydrogens is 200 g/mol. The van der Waals surface area contributed by atoms with Crippen molar-refractivity contribution >= 4 is 0 Å². The van der Waals surface area contributed by atoms with Crippen LogP contribution < -0.4 is 5.84 Å². The molecule has 0 amide bonds. The second kappa shape index (κ2) is 3.75. The molecule has 1 heterocycles. The summed E-state index contributed by atoms with van der Waals surface area (Å²) in [6, 6.07) is 6.38. The molecule has 1 aliphatic heterocycles. The third-order valence-electron chi connectivity index (χ3n) is 4.10. The highest BCUT2D eigenvalue weighted by atomic mass is 16.3. The lowest BCUT2D eigenvalue weighted by atomic mass is 9.74. The summed E-state index contributed by atoms with van der Waals surface area (Å²) in [5.41, 5.74) is 2.48. The average Bonchev–Trinajstić information content (AvgIpc) is 2.30. The number of benzene rings is 1. The van der Waals surface area contributed by atoms with Gasteiger partial charge in [-0.2, -0.15) is 0 Å². The van der Waals surface area contributed by atoms with Gasteiger partial charge in [-0.3, -0.25) is 5.84 Å². The summed E-state index contributed by atoms with van der Waals surface area (Å²) in [5, 5.41) is 11.9. The highest BCUT2D eigenvalue weighted by Gasteiger charge is 2.35. The van der Waals surface area contributed by atoms with Gasteiger partial charge < -0.3 is 5.11 Å². The number of nitrogens with zero attached hydrogens (tertiary/aromatic N) is 1. The summed E-state index contributed by atoms with van der Waals surface area (Å²) >= 11 is 0. The van der Waals surface area contributed by atoms with E-state index in [1.807, 2.05) is 11.1 Å². The zero-order valence-corrected chi connectivity index (χ0v) is 9.39. The second-order valence-electron chi connectivity index (χ2n) is 4.94. The second-order valence-corrected chi connectivity index (χ2v) is 4.94. The molecule has 16 heavy (non-hydrogen) atoms. The number of hydrogen-bond acceptors (Lipinski definition) is 3. The smallest absolute Gasteiger partial charge is 0.119 e. The lowest BCUT2D eigenvalue weighted by Crippen LogP contribution is -2.50. The van der Waals surface area contributed by atoms with Crippen LogP contribution in [-0.4, -0.2) is 22.7 Å². The Morgan fingerprint density at radius 2 is 2.19 bits per heavy atom. The number of phenolic OH excluding ortho intramolecular Hbond substituents is 1. The van der Waals surface area contributed by atoms with Crippen LogP contribution in [0.4, 0.5) is 0 Å². The summed E-state index contributed by atoms with van der Waals surface area (Å²) in [5.74, 6) is 7.04. The van der Waals surface area contributed by atoms with Crippen molar-refractivity contribution in [1.82, 2.24) is 5.01 Å². The van der Waals surface area contributed by atoms with Gasteiger partial charge in [0.25, 0.3) is 0 Å². The Bertz CT molecular complexity index is 405. The monoisotopic (exact) mass is 218 g/mol. The first-order valence-corrected chi connectivity index (χ1v) is 6.09. The Balaban J connectivity index is 2.02. The van der Waals surface area contributed by atoms with Crippen LogP contribution >= 0.6 is 0 Å². The minimum atomic E-state index is 0.463. The molecule has 1 aliphatic carbocycles. The van der Waals surface area contributed by atoms with E-state index >= 15 is 0 Å². The predicted octanol–water partition coefficient (Wildman–Crippen LogP) is 1.76. The first-order chi connectivity index (χ1) is 7.77. The van der Waals surface area contributed by atoms with Crippen molar-refractivity contribution in [3.63, 3.8) is 0 Å². The molecule has 1 aromatic rings. The molecule has 86 valence electrons. The Morgan fingerprint density at radius 3 is 3.06 bits per heavy atom. The van der Waals surface area contributed by atoms with Gasteiger partial charge in [0.1, 0.15) is 5.75 Å². The van der Waals surface area contributed by atoms with Gasteiger partial charge in [-0.1, -0.05) is 12.1 Å². The topological polar surface area (TPSA) is 49.5 Å². The lowest BCUT2D eigenvalue weighted by molar-refractivity contribution is 0.113. The zero-order valence-electron chi connectivity index (χ0n) is 9.39. The molecule has 0 saturated carbocycles. The summed E-state index contributed by atoms with van der Waals surface area (Å²) in [6.07, 6.45) is 4.39. The summed E-state index contributed by atoms with van der Waals surface area (Å²) < 4.78 is 0. The molecule has 3 heteroatoms. The largest absolute Gasteiger partial charge is 0.508 e. The number of aromatic hydroxyl groups is 1. The minimum Gasteiger partial charge on any atom is -0.508 e. The average molecular weight is 218 g/mol. The van der Waals surface area contributed by atoms with E-state index in [-0.39, 0.29) is 0 Å². The van der Waals surface area contributed by atoms with E-state index in [1.165, 1.54) is 12.0 Å². The Hall–Kier alpha value is -1.06. The molecule has 2 aliphatic rings. The normalized spacial score (nSPS) is 29.6. The fourth-order valence-corrected chi connectivity index (χ4v) is 3.32. The third-order valence-corrected chi connectivity index (χ3v) is 4.10. The SMILES string of the molecule is NN1CCC[C@H]2c3cccc(O)c3CC[C@H]21. The molecule has 1 saturated heterocycles. The van der Waals surface area contributed by atoms with Crippen molar-refractivity contribution < 1.29 is 5.11 Å². The van der Waals surface area contributed by atoms with E-state index in [1.54, 1.807) is 6.07 Å². The first-order valence-electron chi connectivity index (χ1n) is 6.09. The number of piperidine rings is 1. The molecular formula is C13H18N2O. The summed E-state index contributed by atoms with van der Waals surface area (Å²) in [7, 11) is 0. The van der Waals surface area contributed by atoms with Gasteiger partial charge in [0.2, 0.25) is 0 Å². The van der Waals surface area contributed by atoms with E-state index in [9.17, 15) is 5.11 Å². The van der Waals surface area contributed by atoms with Crippen molar-refractivity contribution in [3.05, 3.63) is 29.3 Å². The lowest BCUT2D eigenvalue weighted by Gasteiger charge is -2.42. The van der Waals surface area contributed by atoms with Crippen LogP contribution in [0.25, 0.3) is 0 Å². The van der Waals surface area contributed by atoms with Gasteiger partial charge in [0.05, 0.1) is 0 Å². The third kappa shape index (κ3) is 1.43. The van der Waals surface area contributed by atoms with Gasteiger partial charge >= 0.3 is 0 Å². The highest BCUT2D eigenvalue weighted by molar-refractivity contribution is 5.44. The van der Waals surface area contributed by atoms with Gasteiger partial charge in [-0.25, -0.2) is 5.01 Å². The van der Waals surface area contributed by atoms with Crippen LogP contribution in [0.1, 0.15) is 36.3 Å². The highest BCUT2D eigenvalue weighted by Crippen LogP contribution is 2.42. The number of phenols is 1. The number of fused-ring (bicyclic) bond motifs is 3. The van der Waals surface area contributed by atoms with Crippen LogP contribution in [-0.2, 0) is 6.42 Å². The molecule has 2 atom stereocenters. The van der Waals surface area contributed by atoms with Gasteiger partial charge in [-0.05, 0) is 42.9 Å². The number of hydrogen-bond donors (Lipinski definition) is 2. The van der Waals surface area contributed by atoms with E-state index < -0.39 is 0 Å². The van der Waals surface area contributed by atoms with Crippen molar-refractivity contribution in [2.45, 2.75) is 37.6 Å². The van der Waals surface area contributed by atoms with Gasteiger partial charge in [0, 0.05) is 18.5 Å².